The summed E-state index contributed by atoms with van der Waals surface area (Å²) < 4.78 is 26.5. The molecule has 1 heterocycles. The second kappa shape index (κ2) is 7.19. The molecule has 2 N–H and O–H groups in total. The van der Waals surface area contributed by atoms with Crippen molar-refractivity contribution in [2.45, 2.75) is 25.3 Å². The van der Waals surface area contributed by atoms with Crippen LogP contribution in [0.25, 0.3) is 6.08 Å². The summed E-state index contributed by atoms with van der Waals surface area (Å²) in [6, 6.07) is 12.7. The quantitative estimate of drug-likeness (QED) is 0.757. The molecule has 1 fully saturated rings. The van der Waals surface area contributed by atoms with Crippen LogP contribution in [-0.2, 0) is 0 Å². The Morgan fingerprint density at radius 1 is 1.07 bits per heavy atom. The summed E-state index contributed by atoms with van der Waals surface area (Å²) in [6.45, 7) is 0. The fraction of sp³-hybridized carbons (Fsp3) is 0.238. The Kier molecular flexibility index (Phi) is 4.74. The third kappa shape index (κ3) is 3.49. The van der Waals surface area contributed by atoms with Crippen molar-refractivity contribution in [3.05, 3.63) is 76.9 Å². The lowest BCUT2D eigenvalue weighted by molar-refractivity contribution is 0.305. The van der Waals surface area contributed by atoms with Crippen LogP contribution in [0.4, 0.5) is 8.78 Å². The third-order valence-corrected chi connectivity index (χ3v) is 5.34. The molecule has 138 valence electrons. The molecule has 3 nitrogen and oxygen atoms in total. The van der Waals surface area contributed by atoms with Gasteiger partial charge in [0.2, 0.25) is 0 Å². The summed E-state index contributed by atoms with van der Waals surface area (Å²) in [7, 11) is 0. The van der Waals surface area contributed by atoms with Gasteiger partial charge in [-0.15, -0.1) is 0 Å². The number of rotatable bonds is 2. The van der Waals surface area contributed by atoms with Crippen LogP contribution in [0.2, 0.25) is 0 Å². The van der Waals surface area contributed by atoms with Gasteiger partial charge in [0.15, 0.2) is 5.11 Å². The summed E-state index contributed by atoms with van der Waals surface area (Å²) in [6.07, 6.45) is 4.92. The van der Waals surface area contributed by atoms with Gasteiger partial charge in [0, 0.05) is 5.92 Å². The van der Waals surface area contributed by atoms with Crippen molar-refractivity contribution in [1.82, 2.24) is 5.01 Å². The van der Waals surface area contributed by atoms with Gasteiger partial charge < -0.3 is 5.73 Å². The van der Waals surface area contributed by atoms with Crippen LogP contribution in [0.1, 0.15) is 36.4 Å². The number of hydrazone groups is 1. The van der Waals surface area contributed by atoms with Gasteiger partial charge >= 0.3 is 0 Å². The molecule has 6 heteroatoms. The van der Waals surface area contributed by atoms with E-state index in [4.69, 9.17) is 23.1 Å². The zero-order valence-corrected chi connectivity index (χ0v) is 15.4. The number of benzene rings is 2. The molecule has 0 amide bonds. The molecule has 1 aliphatic carbocycles. The van der Waals surface area contributed by atoms with Gasteiger partial charge in [-0.05, 0) is 78.5 Å². The van der Waals surface area contributed by atoms with Crippen molar-refractivity contribution < 1.29 is 8.78 Å². The number of allylic oxidation sites excluding steroid dienone is 1. The van der Waals surface area contributed by atoms with Crippen molar-refractivity contribution in [1.29, 1.82) is 0 Å². The number of halogens is 2. The molecule has 2 aromatic rings. The van der Waals surface area contributed by atoms with Gasteiger partial charge in [-0.1, -0.05) is 24.3 Å². The van der Waals surface area contributed by atoms with Crippen LogP contribution in [0.5, 0.6) is 0 Å². The first kappa shape index (κ1) is 17.8. The molecule has 0 aromatic heterocycles. The molecule has 27 heavy (non-hydrogen) atoms. The lowest BCUT2D eigenvalue weighted by Gasteiger charge is -2.29. The highest BCUT2D eigenvalue weighted by molar-refractivity contribution is 7.80. The van der Waals surface area contributed by atoms with E-state index in [1.807, 2.05) is 0 Å². The molecule has 1 aliphatic heterocycles. The van der Waals surface area contributed by atoms with Crippen LogP contribution in [0, 0.1) is 17.6 Å². The van der Waals surface area contributed by atoms with Gasteiger partial charge in [0.1, 0.15) is 11.6 Å². The Balaban J connectivity index is 1.72. The lowest BCUT2D eigenvalue weighted by Crippen LogP contribution is -2.34. The van der Waals surface area contributed by atoms with Crippen molar-refractivity contribution in [2.75, 3.05) is 0 Å². The highest BCUT2D eigenvalue weighted by atomic mass is 32.1. The number of thiocarbonyl (C=S) groups is 1. The average molecular weight is 383 g/mol. The van der Waals surface area contributed by atoms with Crippen molar-refractivity contribution in [3.63, 3.8) is 0 Å². The zero-order chi connectivity index (χ0) is 19.0. The van der Waals surface area contributed by atoms with Crippen LogP contribution in [-0.4, -0.2) is 15.8 Å². The monoisotopic (exact) mass is 383 g/mol. The van der Waals surface area contributed by atoms with E-state index >= 15 is 0 Å². The summed E-state index contributed by atoms with van der Waals surface area (Å²) >= 11 is 5.22. The Labute approximate surface area is 162 Å². The number of nitrogens with zero attached hydrogens (tertiary/aromatic N) is 2. The van der Waals surface area contributed by atoms with Crippen LogP contribution in [0.15, 0.2) is 59.2 Å². The summed E-state index contributed by atoms with van der Waals surface area (Å²) in [5, 5.41) is 6.61. The van der Waals surface area contributed by atoms with E-state index in [1.54, 1.807) is 29.3 Å². The standard InChI is InChI=1S/C21H19F2N3S/c22-16-8-4-13(5-9-16)12-15-2-1-3-18-19(15)25-26(21(24)27)20(18)14-6-10-17(23)11-7-14/h4-12,18,20H,1-3H2,(H2,24,27)/b15-12-/t18-,20-/m0/s1. The fourth-order valence-corrected chi connectivity index (χ4v) is 4.09. The second-order valence-corrected chi connectivity index (χ2v) is 7.30. The molecule has 0 bridgehead atoms. The lowest BCUT2D eigenvalue weighted by atomic mass is 9.77. The van der Waals surface area contributed by atoms with Crippen molar-refractivity contribution in [3.8, 4) is 0 Å². The first-order valence-electron chi connectivity index (χ1n) is 8.92. The predicted octanol–water partition coefficient (Wildman–Crippen LogP) is 4.80. The summed E-state index contributed by atoms with van der Waals surface area (Å²) in [4.78, 5) is 0. The van der Waals surface area contributed by atoms with Crippen LogP contribution >= 0.6 is 12.2 Å². The van der Waals surface area contributed by atoms with Crippen molar-refractivity contribution in [2.24, 2.45) is 16.8 Å². The molecule has 0 unspecified atom stereocenters. The van der Waals surface area contributed by atoms with Crippen LogP contribution < -0.4 is 5.73 Å². The normalized spacial score (nSPS) is 23.3. The molecule has 0 spiro atoms. The Morgan fingerprint density at radius 2 is 1.70 bits per heavy atom. The smallest absolute Gasteiger partial charge is 0.187 e. The van der Waals surface area contributed by atoms with Gasteiger partial charge in [0.05, 0.1) is 11.8 Å². The highest BCUT2D eigenvalue weighted by Crippen LogP contribution is 2.44. The van der Waals surface area contributed by atoms with E-state index in [-0.39, 0.29) is 28.7 Å². The predicted molar refractivity (Wildman–Crippen MR) is 107 cm³/mol. The van der Waals surface area contributed by atoms with Crippen LogP contribution in [0.3, 0.4) is 0 Å². The van der Waals surface area contributed by atoms with E-state index in [2.05, 4.69) is 6.08 Å². The van der Waals surface area contributed by atoms with Gasteiger partial charge in [-0.2, -0.15) is 5.10 Å². The minimum atomic E-state index is -0.277. The van der Waals surface area contributed by atoms with Gasteiger partial charge in [-0.3, -0.25) is 0 Å². The maximum atomic E-state index is 13.4. The Hall–Kier alpha value is -2.60. The van der Waals surface area contributed by atoms with E-state index in [0.717, 1.165) is 41.7 Å². The largest absolute Gasteiger partial charge is 0.375 e. The number of fused-ring (bicyclic) bond motifs is 1. The van der Waals surface area contributed by atoms with E-state index < -0.39 is 0 Å². The first-order valence-corrected chi connectivity index (χ1v) is 9.33. The summed E-state index contributed by atoms with van der Waals surface area (Å²) in [5.41, 5.74) is 9.89. The molecule has 0 saturated heterocycles. The molecule has 4 rings (SSSR count). The molecular formula is C21H19F2N3S. The molecule has 2 aromatic carbocycles. The molecular weight excluding hydrogens is 364 g/mol. The molecule has 1 saturated carbocycles. The Morgan fingerprint density at radius 3 is 2.33 bits per heavy atom. The number of hydrogen-bond donors (Lipinski definition) is 1. The molecule has 2 aliphatic rings. The zero-order valence-electron chi connectivity index (χ0n) is 14.6. The molecule has 0 radical (unpaired) electrons. The van der Waals surface area contributed by atoms with E-state index in [9.17, 15) is 8.78 Å². The summed E-state index contributed by atoms with van der Waals surface area (Å²) in [5.74, 6) is -0.398. The van der Waals surface area contributed by atoms with Gasteiger partial charge in [0.25, 0.3) is 0 Å². The second-order valence-electron chi connectivity index (χ2n) is 6.88. The van der Waals surface area contributed by atoms with Crippen molar-refractivity contribution >= 4 is 29.1 Å². The molecule has 2 atom stereocenters. The Bertz CT molecular complexity index is 919. The maximum Gasteiger partial charge on any atom is 0.187 e. The highest BCUT2D eigenvalue weighted by Gasteiger charge is 2.42. The topological polar surface area (TPSA) is 41.6 Å². The van der Waals surface area contributed by atoms with E-state index in [0.29, 0.717) is 0 Å². The minimum Gasteiger partial charge on any atom is -0.375 e. The minimum absolute atomic E-state index is 0.130. The fourth-order valence-electron chi connectivity index (χ4n) is 3.94. The first-order chi connectivity index (χ1) is 13.0. The van der Waals surface area contributed by atoms with E-state index in [1.165, 1.54) is 24.3 Å². The maximum absolute atomic E-state index is 13.4. The number of nitrogens with two attached hydrogens (primary N) is 1. The average Bonchev–Trinajstić information content (AvgIpc) is 3.05. The number of hydrogen-bond acceptors (Lipinski definition) is 2. The van der Waals surface area contributed by atoms with Gasteiger partial charge in [-0.25, -0.2) is 13.8 Å². The SMILES string of the molecule is NC(=S)N1N=C2/C(=C\c3ccc(F)cc3)CCC[C@@H]2[C@@H]1c1ccc(F)cc1. The third-order valence-electron chi connectivity index (χ3n) is 5.15.